The van der Waals surface area contributed by atoms with Crippen LogP contribution in [-0.2, 0) is 20.0 Å². The molecule has 0 unspecified atom stereocenters. The van der Waals surface area contributed by atoms with Crippen molar-refractivity contribution in [2.75, 3.05) is 6.26 Å². The van der Waals surface area contributed by atoms with Crippen LogP contribution in [0.4, 0.5) is 13.2 Å². The van der Waals surface area contributed by atoms with Gasteiger partial charge in [-0.05, 0) is 36.0 Å². The van der Waals surface area contributed by atoms with Crippen molar-refractivity contribution >= 4 is 38.2 Å². The molecule has 0 spiro atoms. The zero-order chi connectivity index (χ0) is 23.7. The molecule has 1 aromatic rings. The molecule has 176 valence electrons. The molecule has 7 nitrogen and oxygen atoms in total. The normalized spacial score (nSPS) is 23.9. The number of sulfone groups is 1. The summed E-state index contributed by atoms with van der Waals surface area (Å²) in [6, 6.07) is 3.44. The first-order valence-corrected chi connectivity index (χ1v) is 12.9. The van der Waals surface area contributed by atoms with E-state index in [1.165, 1.54) is 6.07 Å². The topological polar surface area (TPSA) is 122 Å². The summed E-state index contributed by atoms with van der Waals surface area (Å²) in [5.74, 6) is -1.22. The molecular formula is C20H25F3N3O4S2+. The number of nitrogens with two attached hydrogens (primary N) is 1. The van der Waals surface area contributed by atoms with E-state index < -0.39 is 38.2 Å². The molecule has 0 heterocycles. The van der Waals surface area contributed by atoms with Crippen molar-refractivity contribution < 1.29 is 36.5 Å². The Labute approximate surface area is 188 Å². The summed E-state index contributed by atoms with van der Waals surface area (Å²) in [7, 11) is -4.01. The number of nitrogens with one attached hydrogen (secondary N) is 2. The number of hydrogen-bond acceptors (Lipinski definition) is 6. The van der Waals surface area contributed by atoms with Gasteiger partial charge < -0.3 is 10.1 Å². The highest BCUT2D eigenvalue weighted by molar-refractivity contribution is 8.24. The van der Waals surface area contributed by atoms with Crippen LogP contribution in [0.1, 0.15) is 44.1 Å². The highest BCUT2D eigenvalue weighted by Gasteiger charge is 2.65. The van der Waals surface area contributed by atoms with Gasteiger partial charge in [0.1, 0.15) is 16.1 Å². The number of hydrogen-bond donors (Lipinski definition) is 3. The lowest BCUT2D eigenvalue weighted by Crippen LogP contribution is -2.52. The van der Waals surface area contributed by atoms with Gasteiger partial charge >= 0.3 is 17.4 Å². The van der Waals surface area contributed by atoms with Crippen molar-refractivity contribution in [1.82, 2.24) is 5.32 Å². The monoisotopic (exact) mass is 492 g/mol. The number of carbonyl (C=O) groups excluding carboxylic acids is 1. The number of ether oxygens (including phenoxy) is 1. The molecule has 0 aliphatic heterocycles. The van der Waals surface area contributed by atoms with Gasteiger partial charge in [0, 0.05) is 18.0 Å². The Morgan fingerprint density at radius 3 is 2.53 bits per heavy atom. The SMILES string of the molecule is CS(=O)(=O)c1ccc([C@@]2(C(=O)NC(=[NH2+])SC=N)C[C@H]2C2CCCCC2)cc1OC(F)(F)F. The molecule has 1 aromatic carbocycles. The lowest BCUT2D eigenvalue weighted by molar-refractivity contribution is -0.275. The molecule has 0 saturated heterocycles. The second kappa shape index (κ2) is 9.05. The van der Waals surface area contributed by atoms with E-state index in [9.17, 15) is 26.4 Å². The zero-order valence-electron chi connectivity index (χ0n) is 17.4. The quantitative estimate of drug-likeness (QED) is 0.416. The Hall–Kier alpha value is -2.08. The van der Waals surface area contributed by atoms with E-state index in [2.05, 4.69) is 10.1 Å². The fraction of sp³-hybridized carbons (Fsp3) is 0.550. The van der Waals surface area contributed by atoms with Crippen LogP contribution >= 0.6 is 11.8 Å². The number of halogens is 3. The van der Waals surface area contributed by atoms with Crippen LogP contribution in [0.5, 0.6) is 5.75 Å². The van der Waals surface area contributed by atoms with Gasteiger partial charge in [0.15, 0.2) is 9.84 Å². The molecule has 1 amide bonds. The smallest absolute Gasteiger partial charge is 0.404 e. The molecule has 2 atom stereocenters. The van der Waals surface area contributed by atoms with Crippen molar-refractivity contribution in [2.45, 2.75) is 55.2 Å². The van der Waals surface area contributed by atoms with E-state index in [4.69, 9.17) is 10.8 Å². The van der Waals surface area contributed by atoms with Crippen LogP contribution in [0.15, 0.2) is 23.1 Å². The number of amides is 1. The summed E-state index contributed by atoms with van der Waals surface area (Å²) in [4.78, 5) is 12.7. The Bertz CT molecular complexity index is 1020. The molecule has 32 heavy (non-hydrogen) atoms. The standard InChI is InChI=1S/C20H24F3N3O4S2/c1-32(28,29)16-8-7-13(9-15(16)30-20(21,22)23)19(17(27)26-18(25)31-11-24)10-14(19)12-5-3-2-4-6-12/h7-9,11-12,14,24H,2-6,10H2,1H3,(H2,25,26,27)/p+1/t14-,19-/m0/s1. The maximum absolute atomic E-state index is 13.3. The number of amidine groups is 1. The minimum Gasteiger partial charge on any atom is -0.404 e. The van der Waals surface area contributed by atoms with Gasteiger partial charge in [0.25, 0.3) is 0 Å². The number of benzene rings is 1. The van der Waals surface area contributed by atoms with Gasteiger partial charge in [-0.3, -0.25) is 5.41 Å². The molecule has 12 heteroatoms. The number of thioether (sulfide) groups is 1. The van der Waals surface area contributed by atoms with Gasteiger partial charge in [-0.1, -0.05) is 38.2 Å². The van der Waals surface area contributed by atoms with Crippen molar-refractivity contribution in [3.63, 3.8) is 0 Å². The predicted octanol–water partition coefficient (Wildman–Crippen LogP) is 2.40. The first-order chi connectivity index (χ1) is 14.9. The van der Waals surface area contributed by atoms with Crippen molar-refractivity contribution in [2.24, 2.45) is 11.8 Å². The van der Waals surface area contributed by atoms with Crippen LogP contribution in [0.25, 0.3) is 0 Å². The summed E-state index contributed by atoms with van der Waals surface area (Å²) >= 11 is 0.804. The Kier molecular flexibility index (Phi) is 6.94. The Balaban J connectivity index is 2.05. The molecule has 3 rings (SSSR count). The average molecular weight is 493 g/mol. The van der Waals surface area contributed by atoms with Crippen LogP contribution in [-0.4, -0.2) is 37.7 Å². The first-order valence-electron chi connectivity index (χ1n) is 10.1. The van der Waals surface area contributed by atoms with Crippen LogP contribution in [0, 0.1) is 17.2 Å². The van der Waals surface area contributed by atoms with E-state index >= 15 is 0 Å². The number of alkyl halides is 3. The summed E-state index contributed by atoms with van der Waals surface area (Å²) in [6.45, 7) is 0. The molecule has 2 saturated carbocycles. The van der Waals surface area contributed by atoms with E-state index in [-0.39, 0.29) is 22.6 Å². The van der Waals surface area contributed by atoms with Crippen LogP contribution in [0.3, 0.4) is 0 Å². The number of carbonyl (C=O) groups is 1. The van der Waals surface area contributed by atoms with Crippen LogP contribution < -0.4 is 15.5 Å². The van der Waals surface area contributed by atoms with Gasteiger partial charge in [-0.2, -0.15) is 0 Å². The second-order valence-electron chi connectivity index (χ2n) is 8.22. The summed E-state index contributed by atoms with van der Waals surface area (Å²) in [5, 5.41) is 15.4. The van der Waals surface area contributed by atoms with E-state index in [1.54, 1.807) is 0 Å². The van der Waals surface area contributed by atoms with Crippen molar-refractivity contribution in [3.05, 3.63) is 23.8 Å². The molecule has 2 aliphatic carbocycles. The first kappa shape index (κ1) is 24.6. The van der Waals surface area contributed by atoms with E-state index in [1.807, 2.05) is 0 Å². The van der Waals surface area contributed by atoms with Gasteiger partial charge in [0.2, 0.25) is 0 Å². The van der Waals surface area contributed by atoms with Crippen molar-refractivity contribution in [3.8, 4) is 5.75 Å². The van der Waals surface area contributed by atoms with Gasteiger partial charge in [0.05, 0.1) is 5.55 Å². The molecule has 4 N–H and O–H groups in total. The third-order valence-corrected chi connectivity index (χ3v) is 7.76. The zero-order valence-corrected chi connectivity index (χ0v) is 19.0. The maximum atomic E-state index is 13.3. The van der Waals surface area contributed by atoms with E-state index in [0.29, 0.717) is 6.42 Å². The number of rotatable bonds is 6. The summed E-state index contributed by atoms with van der Waals surface area (Å²) < 4.78 is 67.0. The minimum absolute atomic E-state index is 0.0156. The molecular weight excluding hydrogens is 467 g/mol. The second-order valence-corrected chi connectivity index (χ2v) is 11.1. The van der Waals surface area contributed by atoms with Gasteiger partial charge in [-0.15, -0.1) is 13.2 Å². The molecule has 2 fully saturated rings. The third-order valence-electron chi connectivity index (χ3n) is 6.15. The Morgan fingerprint density at radius 1 is 1.31 bits per heavy atom. The average Bonchev–Trinajstić information content (AvgIpc) is 3.44. The highest BCUT2D eigenvalue weighted by atomic mass is 32.2. The molecule has 2 aliphatic rings. The fourth-order valence-corrected chi connectivity index (χ4v) is 5.79. The fourth-order valence-electron chi connectivity index (χ4n) is 4.73. The predicted molar refractivity (Wildman–Crippen MR) is 114 cm³/mol. The van der Waals surface area contributed by atoms with Crippen molar-refractivity contribution in [1.29, 1.82) is 5.41 Å². The highest BCUT2D eigenvalue weighted by Crippen LogP contribution is 2.61. The molecule has 0 aromatic heterocycles. The minimum atomic E-state index is -5.10. The lowest BCUT2D eigenvalue weighted by Gasteiger charge is -2.25. The third kappa shape index (κ3) is 5.28. The van der Waals surface area contributed by atoms with E-state index in [0.717, 1.165) is 67.8 Å². The molecule has 0 radical (unpaired) electrons. The largest absolute Gasteiger partial charge is 0.573 e. The lowest BCUT2D eigenvalue weighted by atomic mass is 9.80. The van der Waals surface area contributed by atoms with Gasteiger partial charge in [-0.25, -0.2) is 18.5 Å². The summed E-state index contributed by atoms with van der Waals surface area (Å²) in [5.41, 5.74) is 0.0590. The Morgan fingerprint density at radius 2 is 1.97 bits per heavy atom. The maximum Gasteiger partial charge on any atom is 0.573 e. The molecule has 0 bridgehead atoms. The van der Waals surface area contributed by atoms with Crippen LogP contribution in [0.2, 0.25) is 0 Å². The summed E-state index contributed by atoms with van der Waals surface area (Å²) in [6.07, 6.45) is 1.08.